The highest BCUT2D eigenvalue weighted by Gasteiger charge is 2.17. The second kappa shape index (κ2) is 12.2. The molecule has 10 nitrogen and oxygen atoms in total. The fourth-order valence-corrected chi connectivity index (χ4v) is 3.04. The van der Waals surface area contributed by atoms with Crippen molar-refractivity contribution in [2.24, 2.45) is 16.5 Å². The van der Waals surface area contributed by atoms with E-state index < -0.39 is 6.03 Å². The lowest BCUT2D eigenvalue weighted by atomic mass is 9.94. The number of rotatable bonds is 6. The van der Waals surface area contributed by atoms with Gasteiger partial charge in [0.1, 0.15) is 11.5 Å². The lowest BCUT2D eigenvalue weighted by Gasteiger charge is -2.18. The van der Waals surface area contributed by atoms with Crippen LogP contribution in [-0.2, 0) is 4.74 Å². The van der Waals surface area contributed by atoms with Gasteiger partial charge in [-0.05, 0) is 35.2 Å². The second-order valence-corrected chi connectivity index (χ2v) is 7.23. The summed E-state index contributed by atoms with van der Waals surface area (Å²) in [6.07, 6.45) is 3.68. The molecule has 0 aliphatic carbocycles. The van der Waals surface area contributed by atoms with Crippen LogP contribution < -0.4 is 27.0 Å². The van der Waals surface area contributed by atoms with Gasteiger partial charge in [-0.3, -0.25) is 10.7 Å². The molecule has 1 aliphatic rings. The molecule has 7 N–H and O–H groups in total. The molecule has 2 amide bonds. The lowest BCUT2D eigenvalue weighted by molar-refractivity contribution is 0.195. The molecule has 0 unspecified atom stereocenters. The van der Waals surface area contributed by atoms with E-state index in [1.54, 1.807) is 18.3 Å². The summed E-state index contributed by atoms with van der Waals surface area (Å²) < 4.78 is 24.2. The summed E-state index contributed by atoms with van der Waals surface area (Å²) in [6, 6.07) is 5.44. The first-order chi connectivity index (χ1) is 15.8. The first-order valence-corrected chi connectivity index (χ1v) is 10.2. The average Bonchev–Trinajstić information content (AvgIpc) is 2.81. The van der Waals surface area contributed by atoms with Gasteiger partial charge in [-0.15, -0.1) is 0 Å². The molecule has 178 valence electrons. The molecule has 33 heavy (non-hydrogen) atoms. The van der Waals surface area contributed by atoms with Crippen LogP contribution in [0.1, 0.15) is 31.7 Å². The molecule has 0 atom stereocenters. The fourth-order valence-electron chi connectivity index (χ4n) is 3.04. The Morgan fingerprint density at radius 3 is 2.67 bits per heavy atom. The summed E-state index contributed by atoms with van der Waals surface area (Å²) in [7, 11) is 1.50. The molecule has 2 aromatic rings. The van der Waals surface area contributed by atoms with Crippen LogP contribution in [0.5, 0.6) is 5.88 Å². The van der Waals surface area contributed by atoms with Crippen molar-refractivity contribution < 1.29 is 23.9 Å². The summed E-state index contributed by atoms with van der Waals surface area (Å²) in [5.41, 5.74) is 15.0. The van der Waals surface area contributed by atoms with Crippen molar-refractivity contribution in [2.75, 3.05) is 25.6 Å². The van der Waals surface area contributed by atoms with Gasteiger partial charge >= 0.3 is 6.03 Å². The highest BCUT2D eigenvalue weighted by atomic mass is 19.1. The average molecular weight is 461 g/mol. The van der Waals surface area contributed by atoms with Gasteiger partial charge in [0, 0.05) is 37.0 Å². The molecule has 1 aromatic heterocycles. The zero-order valence-corrected chi connectivity index (χ0v) is 18.8. The monoisotopic (exact) mass is 460 g/mol. The first-order valence-electron chi connectivity index (χ1n) is 10.2. The van der Waals surface area contributed by atoms with E-state index >= 15 is 0 Å². The highest BCUT2D eigenvalue weighted by Crippen LogP contribution is 2.36. The summed E-state index contributed by atoms with van der Waals surface area (Å²) in [4.78, 5) is 19.3. The van der Waals surface area contributed by atoms with E-state index in [0.29, 0.717) is 53.0 Å². The van der Waals surface area contributed by atoms with Gasteiger partial charge in [-0.25, -0.2) is 19.2 Å². The van der Waals surface area contributed by atoms with Crippen LogP contribution >= 0.6 is 0 Å². The highest BCUT2D eigenvalue weighted by molar-refractivity contribution is 5.95. The summed E-state index contributed by atoms with van der Waals surface area (Å²) >= 11 is 0. The minimum Gasteiger partial charge on any atom is -0.481 e. The zero-order chi connectivity index (χ0) is 24.4. The number of halogens is 1. The number of anilines is 1. The molecule has 0 radical (unpaired) electrons. The third-order valence-corrected chi connectivity index (χ3v) is 4.57. The van der Waals surface area contributed by atoms with E-state index in [-0.39, 0.29) is 11.7 Å². The molecule has 2 heterocycles. The molecule has 0 bridgehead atoms. The fraction of sp³-hybridized carbons (Fsp3) is 0.318. The van der Waals surface area contributed by atoms with Crippen LogP contribution in [0, 0.1) is 5.82 Å². The van der Waals surface area contributed by atoms with Crippen LogP contribution in [0.15, 0.2) is 47.4 Å². The molecule has 3 rings (SSSR count). The molecule has 1 aliphatic heterocycles. The van der Waals surface area contributed by atoms with E-state index in [1.807, 2.05) is 19.3 Å². The maximum Gasteiger partial charge on any atom is 0.316 e. The maximum atomic E-state index is 14.0. The number of primary amides is 1. The third-order valence-electron chi connectivity index (χ3n) is 4.57. The molecule has 1 aromatic carbocycles. The van der Waals surface area contributed by atoms with Gasteiger partial charge in [-0.2, -0.15) is 0 Å². The van der Waals surface area contributed by atoms with Crippen LogP contribution in [0.25, 0.3) is 11.1 Å². The van der Waals surface area contributed by atoms with Crippen LogP contribution in [-0.4, -0.2) is 42.4 Å². The van der Waals surface area contributed by atoms with E-state index in [4.69, 9.17) is 26.1 Å². The Balaban J connectivity index is 0.000000294. The summed E-state index contributed by atoms with van der Waals surface area (Å²) in [5.74, 6) is 0.406. The van der Waals surface area contributed by atoms with Crippen molar-refractivity contribution in [1.82, 2.24) is 10.5 Å². The van der Waals surface area contributed by atoms with E-state index in [1.165, 1.54) is 25.4 Å². The molecule has 0 spiro atoms. The normalized spacial score (nSPS) is 13.3. The van der Waals surface area contributed by atoms with E-state index in [2.05, 4.69) is 15.3 Å². The van der Waals surface area contributed by atoms with E-state index in [0.717, 1.165) is 6.42 Å². The Morgan fingerprint density at radius 1 is 1.36 bits per heavy atom. The van der Waals surface area contributed by atoms with Crippen LogP contribution in [0.2, 0.25) is 0 Å². The number of carbonyl (C=O) groups excluding carboxylic acids is 1. The van der Waals surface area contributed by atoms with Gasteiger partial charge in [0.25, 0.3) is 0 Å². The van der Waals surface area contributed by atoms with Crippen molar-refractivity contribution in [2.45, 2.75) is 26.2 Å². The van der Waals surface area contributed by atoms with Crippen molar-refractivity contribution in [3.05, 3.63) is 53.7 Å². The number of hydroxylamine groups is 1. The number of aromatic nitrogens is 1. The number of nitrogens with zero attached hydrogens (tertiary/aromatic N) is 2. The molecule has 0 saturated heterocycles. The number of amides is 2. The summed E-state index contributed by atoms with van der Waals surface area (Å²) in [5, 5.41) is 11.1. The lowest BCUT2D eigenvalue weighted by Crippen LogP contribution is -2.24. The van der Waals surface area contributed by atoms with Crippen LogP contribution in [0.3, 0.4) is 0 Å². The number of methoxy groups -OCH3 is 1. The minimum absolute atomic E-state index is 0.0139. The predicted molar refractivity (Wildman–Crippen MR) is 124 cm³/mol. The molecule has 0 saturated carbocycles. The van der Waals surface area contributed by atoms with Gasteiger partial charge in [-0.1, -0.05) is 13.8 Å². The van der Waals surface area contributed by atoms with E-state index in [9.17, 15) is 9.18 Å². The number of benzene rings is 1. The number of ether oxygens (including phenoxy) is 2. The van der Waals surface area contributed by atoms with Gasteiger partial charge in [0.15, 0.2) is 0 Å². The Hall–Kier alpha value is -3.86. The molecule has 11 heteroatoms. The van der Waals surface area contributed by atoms with Crippen molar-refractivity contribution in [3.63, 3.8) is 0 Å². The SMILES string of the molecule is COc1cc(-c2cc(F)cc(C(C)C)c2NC(N)=O)ccn1.N/C=C(/NO)C1=NCCCO1. The Labute approximate surface area is 191 Å². The van der Waals surface area contributed by atoms with Gasteiger partial charge in [0.05, 0.1) is 19.4 Å². The number of aliphatic imine (C=N–C) groups is 1. The molecule has 0 fully saturated rings. The number of nitrogens with one attached hydrogen (secondary N) is 2. The second-order valence-electron chi connectivity index (χ2n) is 7.23. The first kappa shape index (κ1) is 25.4. The zero-order valence-electron chi connectivity index (χ0n) is 18.8. The van der Waals surface area contributed by atoms with Crippen molar-refractivity contribution >= 4 is 17.6 Å². The van der Waals surface area contributed by atoms with Crippen LogP contribution in [0.4, 0.5) is 14.9 Å². The third kappa shape index (κ3) is 7.07. The molecular formula is C22H29FN6O4. The topological polar surface area (TPSA) is 157 Å². The predicted octanol–water partition coefficient (Wildman–Crippen LogP) is 3.09. The molecular weight excluding hydrogens is 431 g/mol. The van der Waals surface area contributed by atoms with Crippen molar-refractivity contribution in [3.8, 4) is 17.0 Å². The number of hydrogen-bond donors (Lipinski definition) is 5. The number of pyridine rings is 1. The van der Waals surface area contributed by atoms with Gasteiger partial charge < -0.3 is 26.3 Å². The Morgan fingerprint density at radius 2 is 2.12 bits per heavy atom. The smallest absolute Gasteiger partial charge is 0.316 e. The quantitative estimate of drug-likeness (QED) is 0.415. The van der Waals surface area contributed by atoms with Gasteiger partial charge in [0.2, 0.25) is 11.8 Å². The van der Waals surface area contributed by atoms with Crippen molar-refractivity contribution in [1.29, 1.82) is 0 Å². The number of carbonyl (C=O) groups is 1. The number of hydrogen-bond acceptors (Lipinski definition) is 8. The summed E-state index contributed by atoms with van der Waals surface area (Å²) in [6.45, 7) is 5.17. The maximum absolute atomic E-state index is 14.0. The standard InChI is InChI=1S/C16H18FN3O2.C6H11N3O2/c1-9(2)12-7-11(17)8-13(15(12)20-16(18)21)10-4-5-19-14(6-10)22-3;7-4-5(9-10)6-8-2-1-3-11-6/h4-9H,1-3H3,(H3,18,20,21);4,9-10H,1-3,7H2/b;5-4+. The Kier molecular flexibility index (Phi) is 9.43. The number of nitrogens with two attached hydrogens (primary N) is 2. The number of urea groups is 1. The Bertz CT molecular complexity index is 1030. The largest absolute Gasteiger partial charge is 0.481 e. The minimum atomic E-state index is -0.698.